The van der Waals surface area contributed by atoms with Gasteiger partial charge in [-0.1, -0.05) is 30.3 Å². The van der Waals surface area contributed by atoms with Gasteiger partial charge >= 0.3 is 0 Å². The molecule has 0 atom stereocenters. The zero-order valence-corrected chi connectivity index (χ0v) is 6.47. The highest BCUT2D eigenvalue weighted by molar-refractivity contribution is 5.85. The van der Waals surface area contributed by atoms with Crippen molar-refractivity contribution in [2.24, 2.45) is 0 Å². The fraction of sp³-hybridized carbons (Fsp3) is 0.250. The summed E-state index contributed by atoms with van der Waals surface area (Å²) in [4.78, 5) is 0. The second-order valence-electron chi connectivity index (χ2n) is 1.96. The van der Waals surface area contributed by atoms with Crippen molar-refractivity contribution < 1.29 is 5.11 Å². The molecule has 0 amide bonds. The minimum Gasteiger partial charge on any atom is -0.396 e. The summed E-state index contributed by atoms with van der Waals surface area (Å²) in [6.45, 7) is 0.240. The monoisotopic (exact) mass is 158 g/mol. The summed E-state index contributed by atoms with van der Waals surface area (Å²) in [5.41, 5.74) is 1.19. The second-order valence-corrected chi connectivity index (χ2v) is 1.96. The van der Waals surface area contributed by atoms with E-state index < -0.39 is 0 Å². The molecular weight excluding hydrogens is 148 g/mol. The van der Waals surface area contributed by atoms with Crippen molar-refractivity contribution in [1.82, 2.24) is 0 Å². The fourth-order valence-electron chi connectivity index (χ4n) is 0.774. The molecule has 1 aromatic rings. The Morgan fingerprint density at radius 1 is 1.10 bits per heavy atom. The number of aliphatic hydroxyl groups excluding tert-OH is 1. The van der Waals surface area contributed by atoms with Crippen LogP contribution in [0.15, 0.2) is 30.3 Å². The average Bonchev–Trinajstić information content (AvgIpc) is 1.91. The molecule has 0 aliphatic carbocycles. The molecule has 0 aromatic heterocycles. The minimum atomic E-state index is 0. The lowest BCUT2D eigenvalue weighted by Gasteiger charge is -1.93. The van der Waals surface area contributed by atoms with Gasteiger partial charge in [0.2, 0.25) is 0 Å². The van der Waals surface area contributed by atoms with Gasteiger partial charge in [-0.2, -0.15) is 0 Å². The molecule has 0 heterocycles. The number of hydrogen-bond donors (Lipinski definition) is 1. The molecule has 10 heavy (non-hydrogen) atoms. The van der Waals surface area contributed by atoms with E-state index in [0.717, 1.165) is 6.42 Å². The van der Waals surface area contributed by atoms with Crippen molar-refractivity contribution in [2.75, 3.05) is 6.61 Å². The topological polar surface area (TPSA) is 20.2 Å². The van der Waals surface area contributed by atoms with Crippen molar-refractivity contribution >= 4 is 12.4 Å². The lowest BCUT2D eigenvalue weighted by Crippen LogP contribution is -1.88. The molecule has 0 saturated heterocycles. The van der Waals surface area contributed by atoms with Crippen LogP contribution in [0.5, 0.6) is 0 Å². The third-order valence-electron chi connectivity index (χ3n) is 1.24. The van der Waals surface area contributed by atoms with Crippen LogP contribution in [0.2, 0.25) is 0 Å². The summed E-state index contributed by atoms with van der Waals surface area (Å²) in [6, 6.07) is 9.95. The van der Waals surface area contributed by atoms with Gasteiger partial charge in [0.25, 0.3) is 0 Å². The van der Waals surface area contributed by atoms with E-state index >= 15 is 0 Å². The fourth-order valence-corrected chi connectivity index (χ4v) is 0.774. The van der Waals surface area contributed by atoms with Crippen molar-refractivity contribution in [1.29, 1.82) is 0 Å². The van der Waals surface area contributed by atoms with Gasteiger partial charge in [-0.15, -0.1) is 12.4 Å². The van der Waals surface area contributed by atoms with E-state index in [1.807, 2.05) is 30.3 Å². The van der Waals surface area contributed by atoms with Crippen LogP contribution < -0.4 is 0 Å². The molecule has 0 aliphatic rings. The third kappa shape index (κ3) is 2.85. The molecule has 1 rings (SSSR count). The molecule has 1 nitrogen and oxygen atoms in total. The third-order valence-corrected chi connectivity index (χ3v) is 1.24. The highest BCUT2D eigenvalue weighted by Crippen LogP contribution is 1.97. The number of rotatable bonds is 2. The molecule has 1 N–H and O–H groups in total. The molecule has 0 aliphatic heterocycles. The molecule has 0 unspecified atom stereocenters. The van der Waals surface area contributed by atoms with Crippen LogP contribution in [0.4, 0.5) is 0 Å². The van der Waals surface area contributed by atoms with Crippen LogP contribution in [0.25, 0.3) is 0 Å². The van der Waals surface area contributed by atoms with Gasteiger partial charge in [0.1, 0.15) is 0 Å². The van der Waals surface area contributed by atoms with Gasteiger partial charge in [0.15, 0.2) is 0 Å². The molecule has 56 valence electrons. The Morgan fingerprint density at radius 2 is 1.70 bits per heavy atom. The molecule has 0 saturated carbocycles. The average molecular weight is 159 g/mol. The molecule has 1 aromatic carbocycles. The van der Waals surface area contributed by atoms with E-state index in [0.29, 0.717) is 0 Å². The van der Waals surface area contributed by atoms with Crippen LogP contribution >= 0.6 is 12.4 Å². The summed E-state index contributed by atoms with van der Waals surface area (Å²) in [5.74, 6) is 0. The largest absolute Gasteiger partial charge is 0.396 e. The van der Waals surface area contributed by atoms with Crippen molar-refractivity contribution in [3.8, 4) is 0 Å². The van der Waals surface area contributed by atoms with E-state index in [2.05, 4.69) is 0 Å². The Hall–Kier alpha value is -0.530. The van der Waals surface area contributed by atoms with Crippen molar-refractivity contribution in [3.63, 3.8) is 0 Å². The summed E-state index contributed by atoms with van der Waals surface area (Å²) in [5, 5.41) is 8.52. The number of aliphatic hydroxyl groups is 1. The van der Waals surface area contributed by atoms with Gasteiger partial charge in [0.05, 0.1) is 0 Å². The first-order chi connectivity index (χ1) is 4.43. The van der Waals surface area contributed by atoms with Crippen LogP contribution in [0.1, 0.15) is 5.56 Å². The smallest absolute Gasteiger partial charge is 0.0471 e. The van der Waals surface area contributed by atoms with Gasteiger partial charge < -0.3 is 5.11 Å². The Kier molecular flexibility index (Phi) is 4.99. The Labute approximate surface area is 67.1 Å². The Balaban J connectivity index is 0.000000810. The van der Waals surface area contributed by atoms with Crippen LogP contribution in [-0.2, 0) is 6.42 Å². The highest BCUT2D eigenvalue weighted by Gasteiger charge is 1.85. The van der Waals surface area contributed by atoms with E-state index in [1.165, 1.54) is 5.56 Å². The van der Waals surface area contributed by atoms with Gasteiger partial charge in [-0.05, 0) is 12.0 Å². The molecule has 0 bridgehead atoms. The summed E-state index contributed by atoms with van der Waals surface area (Å²) < 4.78 is 0. The van der Waals surface area contributed by atoms with Crippen LogP contribution in [0.3, 0.4) is 0 Å². The molecule has 0 spiro atoms. The maximum Gasteiger partial charge on any atom is 0.0471 e. The zero-order valence-electron chi connectivity index (χ0n) is 5.66. The number of halogens is 1. The standard InChI is InChI=1S/C8H10O.ClH/c9-7-6-8-4-2-1-3-5-8;/h1-5,9H,6-7H2;1H. The maximum absolute atomic E-state index is 8.52. The predicted molar refractivity (Wildman–Crippen MR) is 44.5 cm³/mol. The van der Waals surface area contributed by atoms with Crippen molar-refractivity contribution in [3.05, 3.63) is 35.9 Å². The zero-order chi connectivity index (χ0) is 6.53. The van der Waals surface area contributed by atoms with Gasteiger partial charge in [-0.25, -0.2) is 0 Å². The lowest BCUT2D eigenvalue weighted by atomic mass is 10.2. The Morgan fingerprint density at radius 3 is 2.20 bits per heavy atom. The van der Waals surface area contributed by atoms with Gasteiger partial charge in [0, 0.05) is 6.61 Å². The van der Waals surface area contributed by atoms with E-state index in [1.54, 1.807) is 0 Å². The first-order valence-corrected chi connectivity index (χ1v) is 3.08. The van der Waals surface area contributed by atoms with E-state index in [9.17, 15) is 0 Å². The maximum atomic E-state index is 8.52. The minimum absolute atomic E-state index is 0. The first-order valence-electron chi connectivity index (χ1n) is 3.08. The number of benzene rings is 1. The lowest BCUT2D eigenvalue weighted by molar-refractivity contribution is 0.299. The quantitative estimate of drug-likeness (QED) is 0.694. The highest BCUT2D eigenvalue weighted by atomic mass is 35.5. The van der Waals surface area contributed by atoms with Gasteiger partial charge in [-0.3, -0.25) is 0 Å². The summed E-state index contributed by atoms with van der Waals surface area (Å²) >= 11 is 0. The number of hydrogen-bond acceptors (Lipinski definition) is 1. The molecular formula is C8H11ClO. The molecule has 0 fully saturated rings. The molecule has 2 heteroatoms. The summed E-state index contributed by atoms with van der Waals surface area (Å²) in [6.07, 6.45) is 0.765. The molecule has 0 radical (unpaired) electrons. The van der Waals surface area contributed by atoms with Crippen molar-refractivity contribution in [2.45, 2.75) is 6.42 Å². The van der Waals surface area contributed by atoms with Crippen LogP contribution in [0, 0.1) is 0 Å². The second kappa shape index (κ2) is 5.27. The Bertz CT molecular complexity index is 162. The SMILES string of the molecule is Cl.OCCc1ccccc1. The first kappa shape index (κ1) is 9.47. The normalized spacial score (nSPS) is 8.50. The van der Waals surface area contributed by atoms with Crippen LogP contribution in [-0.4, -0.2) is 11.7 Å². The van der Waals surface area contributed by atoms with E-state index in [-0.39, 0.29) is 19.0 Å². The summed E-state index contributed by atoms with van der Waals surface area (Å²) in [7, 11) is 0. The predicted octanol–water partition coefficient (Wildman–Crippen LogP) is 1.64. The van der Waals surface area contributed by atoms with E-state index in [4.69, 9.17) is 5.11 Å².